The summed E-state index contributed by atoms with van der Waals surface area (Å²) < 4.78 is 33.7. The second-order valence-electron chi connectivity index (χ2n) is 6.87. The van der Waals surface area contributed by atoms with Gasteiger partial charge in [-0.15, -0.1) is 0 Å². The average molecular weight is 457 g/mol. The molecule has 2 aromatic carbocycles. The summed E-state index contributed by atoms with van der Waals surface area (Å²) in [5, 5.41) is 11.2. The number of aromatic nitrogens is 1. The first-order chi connectivity index (χ1) is 15.3. The van der Waals surface area contributed by atoms with Gasteiger partial charge < -0.3 is 9.84 Å². The van der Waals surface area contributed by atoms with E-state index in [0.717, 1.165) is 23.1 Å². The number of pyridine rings is 1. The van der Waals surface area contributed by atoms with Crippen molar-refractivity contribution in [1.29, 1.82) is 0 Å². The van der Waals surface area contributed by atoms with Crippen LogP contribution in [0.15, 0.2) is 66.4 Å². The van der Waals surface area contributed by atoms with Crippen molar-refractivity contribution >= 4 is 34.7 Å². The van der Waals surface area contributed by atoms with E-state index in [0.29, 0.717) is 5.75 Å². The van der Waals surface area contributed by atoms with Gasteiger partial charge in [-0.1, -0.05) is 17.7 Å². The summed E-state index contributed by atoms with van der Waals surface area (Å²) in [6, 6.07) is 10.3. The van der Waals surface area contributed by atoms with Crippen molar-refractivity contribution in [1.82, 2.24) is 4.98 Å². The second kappa shape index (κ2) is 8.39. The highest BCUT2D eigenvalue weighted by atomic mass is 35.5. The minimum atomic E-state index is -1.32. The number of nitrogens with zero attached hydrogens (tertiary/aromatic N) is 2. The van der Waals surface area contributed by atoms with E-state index in [1.54, 1.807) is 18.2 Å². The fourth-order valence-corrected chi connectivity index (χ4v) is 3.73. The van der Waals surface area contributed by atoms with E-state index in [1.165, 1.54) is 31.5 Å². The number of ketones is 1. The Morgan fingerprint density at radius 1 is 1.12 bits per heavy atom. The highest BCUT2D eigenvalue weighted by Crippen LogP contribution is 2.43. The molecule has 3 aromatic rings. The molecule has 0 aliphatic carbocycles. The molecule has 0 saturated carbocycles. The molecule has 2 heterocycles. The van der Waals surface area contributed by atoms with Gasteiger partial charge in [0.15, 0.2) is 0 Å². The van der Waals surface area contributed by atoms with Crippen LogP contribution in [-0.2, 0) is 9.59 Å². The summed E-state index contributed by atoms with van der Waals surface area (Å²) in [6.07, 6.45) is 1.41. The molecule has 1 unspecified atom stereocenters. The molecule has 0 radical (unpaired) electrons. The third-order valence-corrected chi connectivity index (χ3v) is 5.34. The molecule has 0 spiro atoms. The number of anilines is 1. The van der Waals surface area contributed by atoms with Crippen molar-refractivity contribution < 1.29 is 28.2 Å². The van der Waals surface area contributed by atoms with Gasteiger partial charge in [0.25, 0.3) is 11.7 Å². The minimum Gasteiger partial charge on any atom is -0.507 e. The lowest BCUT2D eigenvalue weighted by atomic mass is 9.98. The Bertz CT molecular complexity index is 1260. The van der Waals surface area contributed by atoms with Crippen LogP contribution in [0.25, 0.3) is 5.76 Å². The number of carbonyl (C=O) groups is 2. The van der Waals surface area contributed by atoms with Crippen molar-refractivity contribution in [3.05, 3.63) is 94.3 Å². The van der Waals surface area contributed by atoms with Crippen molar-refractivity contribution in [2.75, 3.05) is 12.0 Å². The van der Waals surface area contributed by atoms with Gasteiger partial charge in [0.2, 0.25) is 0 Å². The van der Waals surface area contributed by atoms with E-state index < -0.39 is 40.8 Å². The number of hydrogen-bond acceptors (Lipinski definition) is 5. The SMILES string of the molecule is COc1ccc(Cl)c(/C(O)=C2\C(=O)C(=O)N(c3cc(F)ccc3F)C2c2ccccn2)c1. The van der Waals surface area contributed by atoms with E-state index in [2.05, 4.69) is 4.98 Å². The van der Waals surface area contributed by atoms with Crippen LogP contribution in [-0.4, -0.2) is 28.9 Å². The Labute approximate surface area is 186 Å². The highest BCUT2D eigenvalue weighted by molar-refractivity contribution is 6.52. The van der Waals surface area contributed by atoms with E-state index in [4.69, 9.17) is 16.3 Å². The van der Waals surface area contributed by atoms with Crippen LogP contribution >= 0.6 is 11.6 Å². The van der Waals surface area contributed by atoms with Gasteiger partial charge in [-0.05, 0) is 42.5 Å². The molecule has 1 aliphatic heterocycles. The zero-order chi connectivity index (χ0) is 23.0. The van der Waals surface area contributed by atoms with Crippen LogP contribution in [0.3, 0.4) is 0 Å². The highest BCUT2D eigenvalue weighted by Gasteiger charge is 2.48. The zero-order valence-electron chi connectivity index (χ0n) is 16.6. The van der Waals surface area contributed by atoms with Crippen molar-refractivity contribution in [2.24, 2.45) is 0 Å². The molecule has 32 heavy (non-hydrogen) atoms. The predicted octanol–water partition coefficient (Wildman–Crippen LogP) is 4.65. The first-order valence-corrected chi connectivity index (χ1v) is 9.72. The van der Waals surface area contributed by atoms with Crippen LogP contribution in [0.2, 0.25) is 5.02 Å². The molecule has 1 amide bonds. The summed E-state index contributed by atoms with van der Waals surface area (Å²) in [5.41, 5.74) is -0.633. The number of methoxy groups -OCH3 is 1. The van der Waals surface area contributed by atoms with E-state index in [1.807, 2.05) is 0 Å². The Morgan fingerprint density at radius 3 is 2.59 bits per heavy atom. The Kier molecular flexibility index (Phi) is 5.63. The van der Waals surface area contributed by atoms with Gasteiger partial charge >= 0.3 is 0 Å². The van der Waals surface area contributed by atoms with Gasteiger partial charge in [-0.3, -0.25) is 19.5 Å². The number of carbonyl (C=O) groups excluding carboxylic acids is 2. The molecule has 4 rings (SSSR count). The maximum absolute atomic E-state index is 14.6. The van der Waals surface area contributed by atoms with Crippen molar-refractivity contribution in [2.45, 2.75) is 6.04 Å². The first kappa shape index (κ1) is 21.5. The predicted molar refractivity (Wildman–Crippen MR) is 113 cm³/mol. The van der Waals surface area contributed by atoms with E-state index in [-0.39, 0.29) is 21.9 Å². The smallest absolute Gasteiger partial charge is 0.300 e. The summed E-state index contributed by atoms with van der Waals surface area (Å²) in [7, 11) is 1.41. The van der Waals surface area contributed by atoms with Gasteiger partial charge in [-0.25, -0.2) is 8.78 Å². The summed E-state index contributed by atoms with van der Waals surface area (Å²) >= 11 is 6.22. The normalized spacial score (nSPS) is 17.6. The third kappa shape index (κ3) is 3.58. The molecule has 162 valence electrons. The van der Waals surface area contributed by atoms with Crippen LogP contribution < -0.4 is 9.64 Å². The van der Waals surface area contributed by atoms with Gasteiger partial charge in [-0.2, -0.15) is 0 Å². The third-order valence-electron chi connectivity index (χ3n) is 5.01. The number of aliphatic hydroxyl groups excluding tert-OH is 1. The lowest BCUT2D eigenvalue weighted by molar-refractivity contribution is -0.132. The van der Waals surface area contributed by atoms with Crippen LogP contribution in [0.5, 0.6) is 5.75 Å². The molecular formula is C23H15ClF2N2O4. The van der Waals surface area contributed by atoms with Gasteiger partial charge in [0.05, 0.1) is 29.1 Å². The van der Waals surface area contributed by atoms with E-state index in [9.17, 15) is 23.5 Å². The van der Waals surface area contributed by atoms with Crippen LogP contribution in [0.4, 0.5) is 14.5 Å². The molecule has 1 fully saturated rings. The molecule has 1 atom stereocenters. The lowest BCUT2D eigenvalue weighted by Crippen LogP contribution is -2.30. The maximum Gasteiger partial charge on any atom is 0.300 e. The minimum absolute atomic E-state index is 0.0321. The van der Waals surface area contributed by atoms with Crippen molar-refractivity contribution in [3.8, 4) is 5.75 Å². The molecule has 1 saturated heterocycles. The Morgan fingerprint density at radius 2 is 1.91 bits per heavy atom. The molecule has 9 heteroatoms. The van der Waals surface area contributed by atoms with Gasteiger partial charge in [0.1, 0.15) is 29.2 Å². The molecule has 1 N–H and O–H groups in total. The molecule has 1 aliphatic rings. The number of hydrogen-bond donors (Lipinski definition) is 1. The average Bonchev–Trinajstić information content (AvgIpc) is 3.06. The Hall–Kier alpha value is -3.78. The van der Waals surface area contributed by atoms with E-state index >= 15 is 0 Å². The van der Waals surface area contributed by atoms with Crippen LogP contribution in [0, 0.1) is 11.6 Å². The lowest BCUT2D eigenvalue weighted by Gasteiger charge is -2.25. The quantitative estimate of drug-likeness (QED) is 0.351. The Balaban J connectivity index is 2.00. The number of ether oxygens (including phenoxy) is 1. The number of amides is 1. The van der Waals surface area contributed by atoms with Gasteiger partial charge in [0, 0.05) is 17.8 Å². The zero-order valence-corrected chi connectivity index (χ0v) is 17.3. The maximum atomic E-state index is 14.6. The standard InChI is InChI=1S/C23H15ClF2N2O4/c1-32-13-6-7-15(24)14(11-13)21(29)19-20(17-4-2-3-9-27-17)28(23(31)22(19)30)18-10-12(25)5-8-16(18)26/h2-11,20,29H,1H3/b21-19+. The topological polar surface area (TPSA) is 79.7 Å². The fourth-order valence-electron chi connectivity index (χ4n) is 3.53. The summed E-state index contributed by atoms with van der Waals surface area (Å²) in [4.78, 5) is 30.9. The molecule has 6 nitrogen and oxygen atoms in total. The molecule has 1 aromatic heterocycles. The first-order valence-electron chi connectivity index (χ1n) is 9.34. The molecular weight excluding hydrogens is 442 g/mol. The fraction of sp³-hybridized carbons (Fsp3) is 0.0870. The van der Waals surface area contributed by atoms with Crippen LogP contribution in [0.1, 0.15) is 17.3 Å². The number of benzene rings is 2. The molecule has 0 bridgehead atoms. The summed E-state index contributed by atoms with van der Waals surface area (Å²) in [6.45, 7) is 0. The number of aliphatic hydroxyl groups is 1. The number of Topliss-reactive ketones (excluding diaryl/α,β-unsaturated/α-hetero) is 1. The monoisotopic (exact) mass is 456 g/mol. The second-order valence-corrected chi connectivity index (χ2v) is 7.27. The van der Waals surface area contributed by atoms with Crippen molar-refractivity contribution in [3.63, 3.8) is 0 Å². The summed E-state index contributed by atoms with van der Waals surface area (Å²) in [5.74, 6) is -4.23. The largest absolute Gasteiger partial charge is 0.507 e. The number of halogens is 3. The number of rotatable bonds is 4.